The van der Waals surface area contributed by atoms with Crippen LogP contribution in [0.5, 0.6) is 0 Å². The highest BCUT2D eigenvalue weighted by molar-refractivity contribution is 4.76. The second kappa shape index (κ2) is 6.55. The number of rotatable bonds is 7. The first kappa shape index (κ1) is 12.2. The zero-order valence-corrected chi connectivity index (χ0v) is 9.51. The molecule has 1 aromatic heterocycles. The van der Waals surface area contributed by atoms with Crippen molar-refractivity contribution in [3.05, 3.63) is 18.7 Å². The molecule has 0 saturated heterocycles. The molecule has 0 radical (unpaired) electrons. The van der Waals surface area contributed by atoms with Gasteiger partial charge >= 0.3 is 0 Å². The van der Waals surface area contributed by atoms with Gasteiger partial charge in [-0.05, 0) is 6.92 Å². The minimum atomic E-state index is -0.185. The molecule has 0 bridgehead atoms. The van der Waals surface area contributed by atoms with Crippen LogP contribution in [0.2, 0.25) is 0 Å². The van der Waals surface area contributed by atoms with Crippen LogP contribution in [0.1, 0.15) is 6.92 Å². The van der Waals surface area contributed by atoms with Gasteiger partial charge in [-0.15, -0.1) is 0 Å². The van der Waals surface area contributed by atoms with Gasteiger partial charge in [-0.3, -0.25) is 0 Å². The summed E-state index contributed by atoms with van der Waals surface area (Å²) in [5.74, 6) is 0. The van der Waals surface area contributed by atoms with E-state index in [2.05, 4.69) is 17.2 Å². The number of imidazole rings is 1. The van der Waals surface area contributed by atoms with E-state index >= 15 is 0 Å². The van der Waals surface area contributed by atoms with E-state index in [0.717, 1.165) is 6.54 Å². The van der Waals surface area contributed by atoms with Gasteiger partial charge in [-0.25, -0.2) is 4.98 Å². The number of hydrogen-bond acceptors (Lipinski definition) is 4. The summed E-state index contributed by atoms with van der Waals surface area (Å²) < 4.78 is 12.2. The molecule has 0 fully saturated rings. The maximum Gasteiger partial charge on any atom is 0.169 e. The molecule has 0 aliphatic carbocycles. The number of hydrogen-bond donors (Lipinski definition) is 1. The van der Waals surface area contributed by atoms with Crippen molar-refractivity contribution in [2.45, 2.75) is 25.8 Å². The lowest BCUT2D eigenvalue weighted by Gasteiger charge is -2.18. The molecule has 1 rings (SSSR count). The third-order valence-electron chi connectivity index (χ3n) is 2.20. The number of nitrogens with zero attached hydrogens (tertiary/aromatic N) is 2. The van der Waals surface area contributed by atoms with E-state index in [1.54, 1.807) is 20.4 Å². The van der Waals surface area contributed by atoms with Gasteiger partial charge < -0.3 is 19.4 Å². The lowest BCUT2D eigenvalue weighted by atomic mass is 10.3. The van der Waals surface area contributed by atoms with Crippen LogP contribution in [0.25, 0.3) is 0 Å². The van der Waals surface area contributed by atoms with Gasteiger partial charge in [-0.2, -0.15) is 0 Å². The molecule has 86 valence electrons. The highest BCUT2D eigenvalue weighted by atomic mass is 16.7. The van der Waals surface area contributed by atoms with E-state index in [9.17, 15) is 0 Å². The quantitative estimate of drug-likeness (QED) is 0.669. The maximum absolute atomic E-state index is 5.08. The SMILES string of the molecule is COC(CNC(C)Cn1ccnc1)OC. The number of nitrogens with one attached hydrogen (secondary N) is 1. The molecule has 5 heteroatoms. The Balaban J connectivity index is 2.21. The lowest BCUT2D eigenvalue weighted by Crippen LogP contribution is -2.37. The summed E-state index contributed by atoms with van der Waals surface area (Å²) in [5.41, 5.74) is 0. The van der Waals surface area contributed by atoms with Gasteiger partial charge in [0.1, 0.15) is 0 Å². The Hall–Kier alpha value is -0.910. The Morgan fingerprint density at radius 3 is 2.67 bits per heavy atom. The highest BCUT2D eigenvalue weighted by Gasteiger charge is 2.07. The summed E-state index contributed by atoms with van der Waals surface area (Å²) in [6.07, 6.45) is 5.35. The summed E-state index contributed by atoms with van der Waals surface area (Å²) in [4.78, 5) is 3.99. The monoisotopic (exact) mass is 213 g/mol. The van der Waals surface area contributed by atoms with Crippen molar-refractivity contribution in [2.75, 3.05) is 20.8 Å². The molecule has 1 unspecified atom stereocenters. The molecule has 5 nitrogen and oxygen atoms in total. The van der Waals surface area contributed by atoms with Crippen LogP contribution >= 0.6 is 0 Å². The van der Waals surface area contributed by atoms with Gasteiger partial charge in [0.25, 0.3) is 0 Å². The molecule has 0 aliphatic rings. The largest absolute Gasteiger partial charge is 0.355 e. The predicted octanol–water partition coefficient (Wildman–Crippen LogP) is 0.480. The van der Waals surface area contributed by atoms with E-state index in [4.69, 9.17) is 9.47 Å². The van der Waals surface area contributed by atoms with Gasteiger partial charge in [0.05, 0.1) is 6.33 Å². The Bertz CT molecular complexity index is 247. The first-order chi connectivity index (χ1) is 7.26. The molecule has 0 spiro atoms. The second-order valence-electron chi connectivity index (χ2n) is 3.47. The average molecular weight is 213 g/mol. The first-order valence-electron chi connectivity index (χ1n) is 5.01. The fourth-order valence-corrected chi connectivity index (χ4v) is 1.34. The molecule has 1 atom stereocenters. The van der Waals surface area contributed by atoms with E-state index in [1.807, 2.05) is 17.1 Å². The van der Waals surface area contributed by atoms with Crippen LogP contribution in [0, 0.1) is 0 Å². The van der Waals surface area contributed by atoms with E-state index in [1.165, 1.54) is 0 Å². The molecule has 0 saturated carbocycles. The summed E-state index contributed by atoms with van der Waals surface area (Å²) in [6, 6.07) is 0.354. The van der Waals surface area contributed by atoms with Crippen LogP contribution in [0.3, 0.4) is 0 Å². The second-order valence-corrected chi connectivity index (χ2v) is 3.47. The van der Waals surface area contributed by atoms with Crippen LogP contribution < -0.4 is 5.32 Å². The summed E-state index contributed by atoms with van der Waals surface area (Å²) in [5, 5.41) is 3.32. The van der Waals surface area contributed by atoms with Crippen molar-refractivity contribution in [3.63, 3.8) is 0 Å². The van der Waals surface area contributed by atoms with Crippen LogP contribution in [0.4, 0.5) is 0 Å². The molecule has 0 aromatic carbocycles. The van der Waals surface area contributed by atoms with Crippen molar-refractivity contribution < 1.29 is 9.47 Å². The number of ether oxygens (including phenoxy) is 2. The zero-order chi connectivity index (χ0) is 11.1. The van der Waals surface area contributed by atoms with Crippen molar-refractivity contribution in [1.82, 2.24) is 14.9 Å². The standard InChI is InChI=1S/C10H19N3O2/c1-9(7-13-5-4-11-8-13)12-6-10(14-2)15-3/h4-5,8-10,12H,6-7H2,1-3H3. The molecular weight excluding hydrogens is 194 g/mol. The topological polar surface area (TPSA) is 48.3 Å². The number of methoxy groups -OCH3 is 2. The van der Waals surface area contributed by atoms with Gasteiger partial charge in [0.2, 0.25) is 0 Å². The van der Waals surface area contributed by atoms with Gasteiger partial charge in [-0.1, -0.05) is 0 Å². The molecule has 0 aliphatic heterocycles. The summed E-state index contributed by atoms with van der Waals surface area (Å²) in [6.45, 7) is 3.69. The van der Waals surface area contributed by atoms with E-state index in [0.29, 0.717) is 12.6 Å². The normalized spacial score (nSPS) is 13.3. The van der Waals surface area contributed by atoms with Crippen molar-refractivity contribution in [1.29, 1.82) is 0 Å². The highest BCUT2D eigenvalue weighted by Crippen LogP contribution is 1.93. The smallest absolute Gasteiger partial charge is 0.169 e. The Morgan fingerprint density at radius 1 is 1.40 bits per heavy atom. The molecule has 0 amide bonds. The first-order valence-corrected chi connectivity index (χ1v) is 5.01. The number of aromatic nitrogens is 2. The Morgan fingerprint density at radius 2 is 2.13 bits per heavy atom. The zero-order valence-electron chi connectivity index (χ0n) is 9.51. The third-order valence-corrected chi connectivity index (χ3v) is 2.20. The Labute approximate surface area is 90.4 Å². The molecule has 1 heterocycles. The van der Waals surface area contributed by atoms with Crippen LogP contribution in [-0.4, -0.2) is 42.6 Å². The van der Waals surface area contributed by atoms with Crippen molar-refractivity contribution >= 4 is 0 Å². The molecular formula is C10H19N3O2. The summed E-state index contributed by atoms with van der Waals surface area (Å²) in [7, 11) is 3.27. The van der Waals surface area contributed by atoms with Gasteiger partial charge in [0, 0.05) is 45.7 Å². The van der Waals surface area contributed by atoms with Gasteiger partial charge in [0.15, 0.2) is 6.29 Å². The minimum absolute atomic E-state index is 0.185. The fraction of sp³-hybridized carbons (Fsp3) is 0.700. The lowest BCUT2D eigenvalue weighted by molar-refractivity contribution is -0.0998. The maximum atomic E-state index is 5.08. The fourth-order valence-electron chi connectivity index (χ4n) is 1.34. The predicted molar refractivity (Wildman–Crippen MR) is 57.5 cm³/mol. The molecule has 15 heavy (non-hydrogen) atoms. The minimum Gasteiger partial charge on any atom is -0.355 e. The van der Waals surface area contributed by atoms with E-state index < -0.39 is 0 Å². The van der Waals surface area contributed by atoms with Crippen molar-refractivity contribution in [2.24, 2.45) is 0 Å². The van der Waals surface area contributed by atoms with Crippen LogP contribution in [-0.2, 0) is 16.0 Å². The third kappa shape index (κ3) is 4.42. The van der Waals surface area contributed by atoms with Crippen LogP contribution in [0.15, 0.2) is 18.7 Å². The average Bonchev–Trinajstić information content (AvgIpc) is 2.72. The summed E-state index contributed by atoms with van der Waals surface area (Å²) >= 11 is 0. The molecule has 1 N–H and O–H groups in total. The van der Waals surface area contributed by atoms with Crippen molar-refractivity contribution in [3.8, 4) is 0 Å². The Kier molecular flexibility index (Phi) is 5.31. The molecule has 1 aromatic rings. The van der Waals surface area contributed by atoms with E-state index in [-0.39, 0.29) is 6.29 Å².